The molecule has 1 fully saturated rings. The number of ether oxygens (including phenoxy) is 2. The first-order valence-electron chi connectivity index (χ1n) is 5.67. The molecule has 2 N–H and O–H groups in total. The van der Waals surface area contributed by atoms with Gasteiger partial charge in [-0.25, -0.2) is 0 Å². The first kappa shape index (κ1) is 12.9. The van der Waals surface area contributed by atoms with Crippen molar-refractivity contribution >= 4 is 0 Å². The largest absolute Gasteiger partial charge is 0.383 e. The maximum Gasteiger partial charge on any atom is 0.0659 e. The maximum absolute atomic E-state index is 6.26. The van der Waals surface area contributed by atoms with Gasteiger partial charge in [0.15, 0.2) is 0 Å². The molecule has 1 rings (SSSR count). The SMILES string of the molecule is COCCN(CC1(N)CCOC1)C(C)C. The summed E-state index contributed by atoms with van der Waals surface area (Å²) < 4.78 is 10.5. The van der Waals surface area contributed by atoms with Crippen molar-refractivity contribution in [3.8, 4) is 0 Å². The predicted molar refractivity (Wildman–Crippen MR) is 60.9 cm³/mol. The monoisotopic (exact) mass is 216 g/mol. The van der Waals surface area contributed by atoms with Crippen molar-refractivity contribution in [2.75, 3.05) is 40.0 Å². The average Bonchev–Trinajstić information content (AvgIpc) is 2.59. The molecular weight excluding hydrogens is 192 g/mol. The Morgan fingerprint density at radius 3 is 2.73 bits per heavy atom. The van der Waals surface area contributed by atoms with Crippen LogP contribution in [0.15, 0.2) is 0 Å². The summed E-state index contributed by atoms with van der Waals surface area (Å²) in [6.45, 7) is 8.45. The highest BCUT2D eigenvalue weighted by Gasteiger charge is 2.32. The smallest absolute Gasteiger partial charge is 0.0659 e. The molecule has 0 bridgehead atoms. The fourth-order valence-corrected chi connectivity index (χ4v) is 1.88. The molecule has 0 amide bonds. The summed E-state index contributed by atoms with van der Waals surface area (Å²) in [7, 11) is 1.73. The molecule has 1 unspecified atom stereocenters. The van der Waals surface area contributed by atoms with Gasteiger partial charge in [-0.15, -0.1) is 0 Å². The van der Waals surface area contributed by atoms with Gasteiger partial charge in [0.05, 0.1) is 18.8 Å². The van der Waals surface area contributed by atoms with Crippen LogP contribution in [0.3, 0.4) is 0 Å². The van der Waals surface area contributed by atoms with Crippen LogP contribution >= 0.6 is 0 Å². The van der Waals surface area contributed by atoms with E-state index in [2.05, 4.69) is 18.7 Å². The summed E-state index contributed by atoms with van der Waals surface area (Å²) in [5.41, 5.74) is 6.11. The van der Waals surface area contributed by atoms with Crippen LogP contribution in [0.1, 0.15) is 20.3 Å². The molecule has 1 aliphatic heterocycles. The number of nitrogens with two attached hydrogens (primary N) is 1. The molecule has 1 atom stereocenters. The van der Waals surface area contributed by atoms with Crippen molar-refractivity contribution in [2.24, 2.45) is 5.73 Å². The Morgan fingerprint density at radius 2 is 2.27 bits per heavy atom. The van der Waals surface area contributed by atoms with Crippen LogP contribution in [0.25, 0.3) is 0 Å². The van der Waals surface area contributed by atoms with Crippen LogP contribution in [0.5, 0.6) is 0 Å². The highest BCUT2D eigenvalue weighted by molar-refractivity contribution is 4.91. The number of hydrogen-bond acceptors (Lipinski definition) is 4. The summed E-state index contributed by atoms with van der Waals surface area (Å²) in [5.74, 6) is 0. The van der Waals surface area contributed by atoms with E-state index in [1.54, 1.807) is 7.11 Å². The van der Waals surface area contributed by atoms with Gasteiger partial charge in [0, 0.05) is 32.8 Å². The van der Waals surface area contributed by atoms with Crippen LogP contribution in [0.2, 0.25) is 0 Å². The highest BCUT2D eigenvalue weighted by atomic mass is 16.5. The molecule has 0 aromatic rings. The Balaban J connectivity index is 2.42. The summed E-state index contributed by atoms with van der Waals surface area (Å²) in [5, 5.41) is 0. The molecule has 0 radical (unpaired) electrons. The van der Waals surface area contributed by atoms with Gasteiger partial charge in [0.2, 0.25) is 0 Å². The van der Waals surface area contributed by atoms with Gasteiger partial charge >= 0.3 is 0 Å². The van der Waals surface area contributed by atoms with E-state index in [-0.39, 0.29) is 5.54 Å². The molecule has 15 heavy (non-hydrogen) atoms. The van der Waals surface area contributed by atoms with Crippen molar-refractivity contribution in [1.82, 2.24) is 4.90 Å². The maximum atomic E-state index is 6.26. The topological polar surface area (TPSA) is 47.7 Å². The number of methoxy groups -OCH3 is 1. The van der Waals surface area contributed by atoms with E-state index in [4.69, 9.17) is 15.2 Å². The molecular formula is C11H24N2O2. The summed E-state index contributed by atoms with van der Waals surface area (Å²) >= 11 is 0. The van der Waals surface area contributed by atoms with Gasteiger partial charge in [-0.05, 0) is 20.3 Å². The molecule has 0 aliphatic carbocycles. The average molecular weight is 216 g/mol. The zero-order valence-corrected chi connectivity index (χ0v) is 10.2. The van der Waals surface area contributed by atoms with Gasteiger partial charge in [-0.1, -0.05) is 0 Å². The Bertz CT molecular complexity index is 179. The van der Waals surface area contributed by atoms with Gasteiger partial charge in [0.25, 0.3) is 0 Å². The first-order chi connectivity index (χ1) is 7.07. The van der Waals surface area contributed by atoms with E-state index in [1.807, 2.05) is 0 Å². The molecule has 0 spiro atoms. The normalized spacial score (nSPS) is 26.8. The number of rotatable bonds is 6. The molecule has 0 saturated carbocycles. The third-order valence-corrected chi connectivity index (χ3v) is 2.96. The molecule has 90 valence electrons. The summed E-state index contributed by atoms with van der Waals surface area (Å²) in [6, 6.07) is 0.501. The van der Waals surface area contributed by atoms with E-state index < -0.39 is 0 Å². The van der Waals surface area contributed by atoms with Crippen LogP contribution < -0.4 is 5.73 Å². The van der Waals surface area contributed by atoms with Crippen LogP contribution in [0, 0.1) is 0 Å². The van der Waals surface area contributed by atoms with Crippen molar-refractivity contribution in [3.63, 3.8) is 0 Å². The standard InChI is InChI=1S/C11H24N2O2/c1-10(2)13(5-7-14-3)8-11(12)4-6-15-9-11/h10H,4-9,12H2,1-3H3. The van der Waals surface area contributed by atoms with Crippen molar-refractivity contribution < 1.29 is 9.47 Å². The molecule has 1 heterocycles. The summed E-state index contributed by atoms with van der Waals surface area (Å²) in [4.78, 5) is 2.36. The number of hydrogen-bond donors (Lipinski definition) is 1. The quantitative estimate of drug-likeness (QED) is 0.701. The van der Waals surface area contributed by atoms with Crippen LogP contribution in [-0.4, -0.2) is 56.5 Å². The van der Waals surface area contributed by atoms with Crippen LogP contribution in [-0.2, 0) is 9.47 Å². The van der Waals surface area contributed by atoms with Crippen LogP contribution in [0.4, 0.5) is 0 Å². The fraction of sp³-hybridized carbons (Fsp3) is 1.00. The Morgan fingerprint density at radius 1 is 1.53 bits per heavy atom. The minimum Gasteiger partial charge on any atom is -0.383 e. The fourth-order valence-electron chi connectivity index (χ4n) is 1.88. The lowest BCUT2D eigenvalue weighted by Gasteiger charge is -2.33. The van der Waals surface area contributed by atoms with E-state index in [0.717, 1.165) is 32.7 Å². The van der Waals surface area contributed by atoms with Gasteiger partial charge in [-0.2, -0.15) is 0 Å². The van der Waals surface area contributed by atoms with Gasteiger partial charge < -0.3 is 15.2 Å². The van der Waals surface area contributed by atoms with Gasteiger partial charge in [-0.3, -0.25) is 4.90 Å². The molecule has 0 aromatic carbocycles. The third-order valence-electron chi connectivity index (χ3n) is 2.96. The molecule has 4 nitrogen and oxygen atoms in total. The Kier molecular flexibility index (Phi) is 4.99. The zero-order valence-electron chi connectivity index (χ0n) is 10.2. The minimum absolute atomic E-state index is 0.155. The lowest BCUT2D eigenvalue weighted by Crippen LogP contribution is -2.53. The van der Waals surface area contributed by atoms with E-state index in [1.165, 1.54) is 0 Å². The molecule has 1 aliphatic rings. The van der Waals surface area contributed by atoms with Crippen molar-refractivity contribution in [1.29, 1.82) is 0 Å². The van der Waals surface area contributed by atoms with Crippen molar-refractivity contribution in [3.05, 3.63) is 0 Å². The van der Waals surface area contributed by atoms with E-state index >= 15 is 0 Å². The molecule has 0 aromatic heterocycles. The first-order valence-corrected chi connectivity index (χ1v) is 5.67. The lowest BCUT2D eigenvalue weighted by atomic mass is 9.99. The van der Waals surface area contributed by atoms with Crippen molar-refractivity contribution in [2.45, 2.75) is 31.8 Å². The summed E-state index contributed by atoms with van der Waals surface area (Å²) in [6.07, 6.45) is 0.962. The van der Waals surface area contributed by atoms with E-state index in [9.17, 15) is 0 Å². The minimum atomic E-state index is -0.155. The Labute approximate surface area is 92.7 Å². The molecule has 4 heteroatoms. The second-order valence-electron chi connectivity index (χ2n) is 4.72. The predicted octanol–water partition coefficient (Wildman–Crippen LogP) is 0.461. The molecule has 1 saturated heterocycles. The van der Waals surface area contributed by atoms with E-state index in [0.29, 0.717) is 12.6 Å². The second-order valence-corrected chi connectivity index (χ2v) is 4.72. The zero-order chi connectivity index (χ0) is 11.3. The lowest BCUT2D eigenvalue weighted by molar-refractivity contribution is 0.101. The third kappa shape index (κ3) is 4.07. The highest BCUT2D eigenvalue weighted by Crippen LogP contribution is 2.17. The second kappa shape index (κ2) is 5.80. The van der Waals surface area contributed by atoms with Gasteiger partial charge in [0.1, 0.15) is 0 Å². The Hall–Kier alpha value is -0.160. The number of nitrogens with zero attached hydrogens (tertiary/aromatic N) is 1.